The van der Waals surface area contributed by atoms with E-state index in [9.17, 15) is 9.59 Å². The summed E-state index contributed by atoms with van der Waals surface area (Å²) in [6.07, 6.45) is 3.73. The summed E-state index contributed by atoms with van der Waals surface area (Å²) in [5.74, 6) is -0.0246. The first-order valence-electron chi connectivity index (χ1n) is 10.1. The van der Waals surface area contributed by atoms with Crippen LogP contribution in [0.1, 0.15) is 53.8 Å². The lowest BCUT2D eigenvalue weighted by atomic mass is 10.1. The largest absolute Gasteiger partial charge is 0.372 e. The van der Waals surface area contributed by atoms with Gasteiger partial charge in [0.05, 0.1) is 11.3 Å². The van der Waals surface area contributed by atoms with Crippen molar-refractivity contribution < 1.29 is 9.59 Å². The van der Waals surface area contributed by atoms with Gasteiger partial charge in [0.15, 0.2) is 0 Å². The van der Waals surface area contributed by atoms with Crippen molar-refractivity contribution in [2.24, 2.45) is 5.92 Å². The lowest BCUT2D eigenvalue weighted by Gasteiger charge is -2.28. The van der Waals surface area contributed by atoms with Gasteiger partial charge in [0.2, 0.25) is 0 Å². The Labute approximate surface area is 167 Å². The van der Waals surface area contributed by atoms with E-state index in [1.54, 1.807) is 18.2 Å². The first-order valence-corrected chi connectivity index (χ1v) is 10.1. The molecule has 1 heterocycles. The van der Waals surface area contributed by atoms with E-state index in [2.05, 4.69) is 15.5 Å². The smallest absolute Gasteiger partial charge is 0.255 e. The SMILES string of the molecule is CC(C)CNC(=O)c1ccccc1NC(=O)c1ccc(N2CCCCC2)cc1. The zero-order chi connectivity index (χ0) is 19.9. The molecule has 0 saturated carbocycles. The number of para-hydroxylation sites is 1. The monoisotopic (exact) mass is 379 g/mol. The minimum absolute atomic E-state index is 0.176. The molecule has 1 aliphatic heterocycles. The van der Waals surface area contributed by atoms with Gasteiger partial charge in [-0.2, -0.15) is 0 Å². The second-order valence-corrected chi connectivity index (χ2v) is 7.70. The average Bonchev–Trinajstić information content (AvgIpc) is 2.73. The molecule has 0 aliphatic carbocycles. The van der Waals surface area contributed by atoms with E-state index in [0.717, 1.165) is 18.8 Å². The highest BCUT2D eigenvalue weighted by Gasteiger charge is 2.15. The first kappa shape index (κ1) is 19.9. The highest BCUT2D eigenvalue weighted by Crippen LogP contribution is 2.21. The molecule has 0 bridgehead atoms. The van der Waals surface area contributed by atoms with Crippen LogP contribution in [0.15, 0.2) is 48.5 Å². The topological polar surface area (TPSA) is 61.4 Å². The van der Waals surface area contributed by atoms with Crippen LogP contribution in [0.3, 0.4) is 0 Å². The van der Waals surface area contributed by atoms with Gasteiger partial charge >= 0.3 is 0 Å². The van der Waals surface area contributed by atoms with Gasteiger partial charge in [0, 0.05) is 30.9 Å². The zero-order valence-corrected chi connectivity index (χ0v) is 16.7. The molecule has 3 rings (SSSR count). The summed E-state index contributed by atoms with van der Waals surface area (Å²) in [4.78, 5) is 27.5. The number of nitrogens with zero attached hydrogens (tertiary/aromatic N) is 1. The average molecular weight is 380 g/mol. The molecule has 5 heteroatoms. The van der Waals surface area contributed by atoms with E-state index in [1.165, 1.54) is 19.3 Å². The molecule has 148 valence electrons. The molecule has 2 N–H and O–H groups in total. The summed E-state index contributed by atoms with van der Waals surface area (Å²) in [6, 6.07) is 14.8. The van der Waals surface area contributed by atoms with Crippen molar-refractivity contribution in [3.8, 4) is 0 Å². The molecule has 2 amide bonds. The number of nitrogens with one attached hydrogen (secondary N) is 2. The highest BCUT2D eigenvalue weighted by molar-refractivity contribution is 6.09. The summed E-state index contributed by atoms with van der Waals surface area (Å²) in [5.41, 5.74) is 2.73. The predicted molar refractivity (Wildman–Crippen MR) is 114 cm³/mol. The lowest BCUT2D eigenvalue weighted by Crippen LogP contribution is -2.29. The van der Waals surface area contributed by atoms with Gasteiger partial charge in [-0.25, -0.2) is 0 Å². The summed E-state index contributed by atoms with van der Waals surface area (Å²) in [7, 11) is 0. The number of carbonyl (C=O) groups excluding carboxylic acids is 2. The molecule has 0 radical (unpaired) electrons. The minimum atomic E-state index is -0.214. The predicted octanol–water partition coefficient (Wildman–Crippen LogP) is 4.32. The molecular weight excluding hydrogens is 350 g/mol. The number of hydrogen-bond donors (Lipinski definition) is 2. The standard InChI is InChI=1S/C23H29N3O2/c1-17(2)16-24-23(28)20-8-4-5-9-21(20)25-22(27)18-10-12-19(13-11-18)26-14-6-3-7-15-26/h4-5,8-13,17H,3,6-7,14-16H2,1-2H3,(H,24,28)(H,25,27). The van der Waals surface area contributed by atoms with Gasteiger partial charge < -0.3 is 15.5 Å². The van der Waals surface area contributed by atoms with Crippen molar-refractivity contribution >= 4 is 23.2 Å². The molecule has 1 saturated heterocycles. The normalized spacial score (nSPS) is 14.0. The van der Waals surface area contributed by atoms with Gasteiger partial charge in [-0.1, -0.05) is 26.0 Å². The van der Waals surface area contributed by atoms with Crippen LogP contribution in [-0.4, -0.2) is 31.4 Å². The third-order valence-corrected chi connectivity index (χ3v) is 4.94. The number of piperidine rings is 1. The molecule has 2 aromatic carbocycles. The van der Waals surface area contributed by atoms with E-state index >= 15 is 0 Å². The van der Waals surface area contributed by atoms with E-state index in [4.69, 9.17) is 0 Å². The number of amides is 2. The van der Waals surface area contributed by atoms with Crippen molar-refractivity contribution in [1.82, 2.24) is 5.32 Å². The maximum Gasteiger partial charge on any atom is 0.255 e. The lowest BCUT2D eigenvalue weighted by molar-refractivity contribution is 0.0950. The zero-order valence-electron chi connectivity index (χ0n) is 16.7. The van der Waals surface area contributed by atoms with Crippen LogP contribution >= 0.6 is 0 Å². The van der Waals surface area contributed by atoms with Gasteiger partial charge in [-0.15, -0.1) is 0 Å². The maximum atomic E-state index is 12.7. The van der Waals surface area contributed by atoms with Gasteiger partial charge in [-0.05, 0) is 61.6 Å². The Kier molecular flexibility index (Phi) is 6.69. The number of benzene rings is 2. The number of hydrogen-bond acceptors (Lipinski definition) is 3. The number of carbonyl (C=O) groups is 2. The Morgan fingerprint density at radius 1 is 0.929 bits per heavy atom. The van der Waals surface area contributed by atoms with Crippen molar-refractivity contribution in [3.63, 3.8) is 0 Å². The van der Waals surface area contributed by atoms with E-state index in [1.807, 2.05) is 44.2 Å². The molecule has 0 aromatic heterocycles. The minimum Gasteiger partial charge on any atom is -0.372 e. The van der Waals surface area contributed by atoms with Gasteiger partial charge in [0.1, 0.15) is 0 Å². The maximum absolute atomic E-state index is 12.7. The highest BCUT2D eigenvalue weighted by atomic mass is 16.2. The van der Waals surface area contributed by atoms with Crippen molar-refractivity contribution in [2.45, 2.75) is 33.1 Å². The quantitative estimate of drug-likeness (QED) is 0.786. The Morgan fingerprint density at radius 3 is 2.29 bits per heavy atom. The van der Waals surface area contributed by atoms with Crippen LogP contribution in [0.2, 0.25) is 0 Å². The van der Waals surface area contributed by atoms with Gasteiger partial charge in [0.25, 0.3) is 11.8 Å². The summed E-state index contributed by atoms with van der Waals surface area (Å²) in [5, 5.41) is 5.78. The first-order chi connectivity index (χ1) is 13.5. The molecule has 1 fully saturated rings. The van der Waals surface area contributed by atoms with E-state index in [-0.39, 0.29) is 11.8 Å². The Morgan fingerprint density at radius 2 is 1.61 bits per heavy atom. The van der Waals surface area contributed by atoms with Crippen molar-refractivity contribution in [1.29, 1.82) is 0 Å². The molecule has 5 nitrogen and oxygen atoms in total. The van der Waals surface area contributed by atoms with Crippen molar-refractivity contribution in [2.75, 3.05) is 29.9 Å². The second kappa shape index (κ2) is 9.40. The molecule has 0 atom stereocenters. The third-order valence-electron chi connectivity index (χ3n) is 4.94. The van der Waals surface area contributed by atoms with E-state index < -0.39 is 0 Å². The van der Waals surface area contributed by atoms with Crippen molar-refractivity contribution in [3.05, 3.63) is 59.7 Å². The third kappa shape index (κ3) is 5.12. The van der Waals surface area contributed by atoms with Gasteiger partial charge in [-0.3, -0.25) is 9.59 Å². The molecule has 2 aromatic rings. The van der Waals surface area contributed by atoms with Crippen LogP contribution in [0.5, 0.6) is 0 Å². The van der Waals surface area contributed by atoms with Crippen LogP contribution in [0.4, 0.5) is 11.4 Å². The summed E-state index contributed by atoms with van der Waals surface area (Å²) < 4.78 is 0. The molecule has 28 heavy (non-hydrogen) atoms. The van der Waals surface area contributed by atoms with Crippen LogP contribution < -0.4 is 15.5 Å². The summed E-state index contributed by atoms with van der Waals surface area (Å²) in [6.45, 7) is 6.83. The molecule has 0 unspecified atom stereocenters. The number of anilines is 2. The molecular formula is C23H29N3O2. The van der Waals surface area contributed by atoms with Crippen LogP contribution in [0.25, 0.3) is 0 Å². The fraction of sp³-hybridized carbons (Fsp3) is 0.391. The van der Waals surface area contributed by atoms with E-state index in [0.29, 0.717) is 29.3 Å². The Bertz CT molecular complexity index is 809. The number of rotatable bonds is 6. The fourth-order valence-electron chi connectivity index (χ4n) is 3.35. The fourth-order valence-corrected chi connectivity index (χ4v) is 3.35. The molecule has 1 aliphatic rings. The van der Waals surface area contributed by atoms with Crippen LogP contribution in [0, 0.1) is 5.92 Å². The molecule has 0 spiro atoms. The van der Waals surface area contributed by atoms with Crippen LogP contribution in [-0.2, 0) is 0 Å². The Hall–Kier alpha value is -2.82. The summed E-state index contributed by atoms with van der Waals surface area (Å²) >= 11 is 0. The Balaban J connectivity index is 1.68. The second-order valence-electron chi connectivity index (χ2n) is 7.70.